The maximum atomic E-state index is 5.04. The van der Waals surface area contributed by atoms with Gasteiger partial charge in [-0.15, -0.1) is 7.05 Å². The van der Waals surface area contributed by atoms with E-state index in [1.807, 2.05) is 0 Å². The molecule has 1 nitrogen and oxygen atoms in total. The summed E-state index contributed by atoms with van der Waals surface area (Å²) in [4.78, 5) is 0. The Bertz CT molecular complexity index is 43.3. The van der Waals surface area contributed by atoms with Crippen LogP contribution < -0.4 is 0 Å². The van der Waals surface area contributed by atoms with E-state index in [0.717, 1.165) is 0 Å². The van der Waals surface area contributed by atoms with Gasteiger partial charge >= 0.3 is 19.5 Å². The molecule has 7 heavy (non-hydrogen) atoms. The topological polar surface area (TPSA) is 14.1 Å². The van der Waals surface area contributed by atoms with E-state index in [9.17, 15) is 0 Å². The zero-order chi connectivity index (χ0) is 4.28. The number of rotatable bonds is 1. The molecule has 2 heteroatoms. The van der Waals surface area contributed by atoms with Crippen molar-refractivity contribution in [2.75, 3.05) is 7.05 Å². The zero-order valence-electron chi connectivity index (χ0n) is 4.88. The third-order valence-corrected chi connectivity index (χ3v) is 0.353. The summed E-state index contributed by atoms with van der Waals surface area (Å²) in [5.74, 6) is 0. The molecular formula is C5H10NRu. The maximum Gasteiger partial charge on any atom is 3.00 e. The van der Waals surface area contributed by atoms with E-state index in [0.29, 0.717) is 5.70 Å². The van der Waals surface area contributed by atoms with Crippen molar-refractivity contribution in [2.45, 2.75) is 6.92 Å². The van der Waals surface area contributed by atoms with Crippen molar-refractivity contribution in [3.8, 4) is 0 Å². The van der Waals surface area contributed by atoms with Gasteiger partial charge in [-0.1, -0.05) is 6.92 Å². The van der Waals surface area contributed by atoms with Crippen LogP contribution in [-0.2, 0) is 19.5 Å². The molecule has 0 rings (SSSR count). The van der Waals surface area contributed by atoms with Crippen LogP contribution in [0.4, 0.5) is 0 Å². The molecule has 0 bridgehead atoms. The molecule has 0 aromatic heterocycles. The molecule has 0 amide bonds. The van der Waals surface area contributed by atoms with E-state index < -0.39 is 0 Å². The van der Waals surface area contributed by atoms with Gasteiger partial charge in [0.1, 0.15) is 0 Å². The molecule has 0 unspecified atom stereocenters. The van der Waals surface area contributed by atoms with Crippen LogP contribution >= 0.6 is 0 Å². The number of hydrogen-bond donors (Lipinski definition) is 0. The Morgan fingerprint density at radius 2 is 1.71 bits per heavy atom. The normalized spacial score (nSPS) is 4.86. The molecule has 0 aromatic carbocycles. The van der Waals surface area contributed by atoms with Crippen LogP contribution in [0.2, 0.25) is 0 Å². The van der Waals surface area contributed by atoms with Crippen LogP contribution in [0.3, 0.4) is 0 Å². The summed E-state index contributed by atoms with van der Waals surface area (Å²) in [7, 11) is 1.66. The fraction of sp³-hybridized carbons (Fsp3) is 0.400. The van der Waals surface area contributed by atoms with Crippen molar-refractivity contribution in [2.24, 2.45) is 0 Å². The summed E-state index contributed by atoms with van der Waals surface area (Å²) in [6.45, 7) is 6.79. The Hall–Kier alpha value is 0.163. The first-order chi connectivity index (χ1) is 2.27. The molecule has 43 valence electrons. The van der Waals surface area contributed by atoms with E-state index in [1.165, 1.54) is 0 Å². The fourth-order valence-corrected chi connectivity index (χ4v) is 0. The zero-order valence-corrected chi connectivity index (χ0v) is 6.62. The van der Waals surface area contributed by atoms with E-state index in [1.54, 1.807) is 14.0 Å². The Balaban J connectivity index is -0.0000000800. The summed E-state index contributed by atoms with van der Waals surface area (Å²) in [5, 5.41) is 3.58. The average molecular weight is 185 g/mol. The summed E-state index contributed by atoms with van der Waals surface area (Å²) in [5.41, 5.74) is 0.630. The molecule has 0 atom stereocenters. The number of hydrogen-bond acceptors (Lipinski definition) is 0. The first kappa shape index (κ1) is 15.7. The molecule has 0 aliphatic rings. The van der Waals surface area contributed by atoms with Crippen LogP contribution in [0, 0.1) is 14.0 Å². The summed E-state index contributed by atoms with van der Waals surface area (Å²) in [6, 6.07) is 0. The second-order valence-electron chi connectivity index (χ2n) is 0.865. The minimum Gasteiger partial charge on any atom is -0.721 e. The Morgan fingerprint density at radius 1 is 1.57 bits per heavy atom. The van der Waals surface area contributed by atoms with Crippen molar-refractivity contribution in [3.63, 3.8) is 0 Å². The van der Waals surface area contributed by atoms with Crippen LogP contribution in [0.5, 0.6) is 0 Å². The molecule has 0 spiro atoms. The second kappa shape index (κ2) is 9.48. The molecule has 0 N–H and O–H groups in total. The largest absolute Gasteiger partial charge is 3.00 e. The molecule has 0 saturated heterocycles. The van der Waals surface area contributed by atoms with Crippen LogP contribution in [0.15, 0.2) is 5.70 Å². The van der Waals surface area contributed by atoms with Gasteiger partial charge in [-0.25, -0.2) is 0 Å². The van der Waals surface area contributed by atoms with Gasteiger partial charge in [0.25, 0.3) is 0 Å². The fourth-order valence-electron chi connectivity index (χ4n) is 0. The van der Waals surface area contributed by atoms with Gasteiger partial charge in [0.05, 0.1) is 0 Å². The Labute approximate surface area is 58.9 Å². The van der Waals surface area contributed by atoms with Crippen LogP contribution in [0.25, 0.3) is 5.32 Å². The van der Waals surface area contributed by atoms with Gasteiger partial charge in [0.2, 0.25) is 0 Å². The first-order valence-corrected chi connectivity index (χ1v) is 1.46. The predicted molar refractivity (Wildman–Crippen MR) is 29.2 cm³/mol. The predicted octanol–water partition coefficient (Wildman–Crippen LogP) is 1.77. The van der Waals surface area contributed by atoms with Gasteiger partial charge < -0.3 is 25.0 Å². The van der Waals surface area contributed by atoms with Gasteiger partial charge in [0.15, 0.2) is 0 Å². The molecule has 0 aromatic rings. The van der Waals surface area contributed by atoms with E-state index in [4.69, 9.17) is 6.58 Å². The number of allylic oxidation sites excluding steroid dienone is 1. The molecule has 1 radical (unpaired) electrons. The standard InChI is InChI=1S/C4H7N.CH3.Ru/c1-4(2)5-3;;/h1H,2-3H3;1H3;/q-2;-1;+3. The Morgan fingerprint density at radius 3 is 1.71 bits per heavy atom. The van der Waals surface area contributed by atoms with Gasteiger partial charge in [-0.3, -0.25) is 0 Å². The Kier molecular flexibility index (Phi) is 21.3. The molecule has 0 heterocycles. The van der Waals surface area contributed by atoms with Crippen molar-refractivity contribution in [3.05, 3.63) is 25.0 Å². The van der Waals surface area contributed by atoms with E-state index in [-0.39, 0.29) is 26.9 Å². The van der Waals surface area contributed by atoms with Crippen LogP contribution in [0.1, 0.15) is 6.92 Å². The first-order valence-electron chi connectivity index (χ1n) is 1.46. The third kappa shape index (κ3) is 22.8. The minimum atomic E-state index is 0. The third-order valence-electron chi connectivity index (χ3n) is 0.353. The minimum absolute atomic E-state index is 0. The SMILES string of the molecule is [CH-]=C(C)[N-]C.[CH3-].[Ru+3]. The van der Waals surface area contributed by atoms with Crippen molar-refractivity contribution >= 4 is 0 Å². The average Bonchev–Trinajstić information content (AvgIpc) is 1.38. The molecule has 0 fully saturated rings. The molecular weight excluding hydrogens is 175 g/mol. The van der Waals surface area contributed by atoms with Crippen molar-refractivity contribution < 1.29 is 19.5 Å². The summed E-state index contributed by atoms with van der Waals surface area (Å²) in [6.07, 6.45) is 0. The smallest absolute Gasteiger partial charge is 0.721 e. The van der Waals surface area contributed by atoms with Crippen molar-refractivity contribution in [1.29, 1.82) is 0 Å². The van der Waals surface area contributed by atoms with Gasteiger partial charge in [-0.05, 0) is 0 Å². The monoisotopic (exact) mass is 186 g/mol. The van der Waals surface area contributed by atoms with Crippen molar-refractivity contribution in [1.82, 2.24) is 0 Å². The van der Waals surface area contributed by atoms with Crippen LogP contribution in [-0.4, -0.2) is 7.05 Å². The van der Waals surface area contributed by atoms with E-state index >= 15 is 0 Å². The second-order valence-corrected chi connectivity index (χ2v) is 0.865. The molecule has 0 aliphatic heterocycles. The summed E-state index contributed by atoms with van der Waals surface area (Å²) >= 11 is 0. The summed E-state index contributed by atoms with van der Waals surface area (Å²) < 4.78 is 0. The van der Waals surface area contributed by atoms with E-state index in [2.05, 4.69) is 5.32 Å². The maximum absolute atomic E-state index is 5.04. The quantitative estimate of drug-likeness (QED) is 0.436. The van der Waals surface area contributed by atoms with Gasteiger partial charge in [0, 0.05) is 0 Å². The molecule has 0 aliphatic carbocycles. The number of nitrogens with zero attached hydrogens (tertiary/aromatic N) is 1. The molecule has 0 saturated carbocycles. The van der Waals surface area contributed by atoms with Gasteiger partial charge in [-0.2, -0.15) is 0 Å².